The summed E-state index contributed by atoms with van der Waals surface area (Å²) in [6.07, 6.45) is -5.28. The lowest BCUT2D eigenvalue weighted by Gasteiger charge is -2.36. The fraction of sp³-hybridized carbons (Fsp3) is 0.462. The van der Waals surface area contributed by atoms with Gasteiger partial charge in [0.15, 0.2) is 9.84 Å². The molecular weight excluding hydrogens is 587 g/mol. The molecule has 41 heavy (non-hydrogen) atoms. The third kappa shape index (κ3) is 8.39. The summed E-state index contributed by atoms with van der Waals surface area (Å²) in [6.45, 7) is 7.74. The van der Waals surface area contributed by atoms with Gasteiger partial charge >= 0.3 is 12.3 Å². The second kappa shape index (κ2) is 12.3. The molecule has 2 aromatic carbocycles. The summed E-state index contributed by atoms with van der Waals surface area (Å²) in [5.41, 5.74) is 8.12. The smallest absolute Gasteiger partial charge is 0.416 e. The molecule has 0 spiro atoms. The second-order valence-corrected chi connectivity index (χ2v) is 13.1. The normalized spacial score (nSPS) is 15.0. The molecule has 0 aromatic heterocycles. The number of halogens is 4. The standard InChI is InChI=1S/C26H33ClF3N5O5S/c1-5-41(38,39)22-7-6-17(27)13-21(22)32-33-23(36)18-14-19(26(28,29)30)16(12-20(18)31)15-34-8-10-35(11-9-34)24(37)40-25(2,3)4/h6-7,12-14,32H,5,8-11,15,31H2,1-4H3,(H,33,36). The number of hydrazine groups is 1. The average Bonchev–Trinajstić information content (AvgIpc) is 2.86. The van der Waals surface area contributed by atoms with Gasteiger partial charge in [-0.2, -0.15) is 13.2 Å². The molecule has 1 aliphatic heterocycles. The zero-order chi connectivity index (χ0) is 30.8. The predicted molar refractivity (Wildman–Crippen MR) is 149 cm³/mol. The molecule has 1 fully saturated rings. The Morgan fingerprint density at radius 2 is 1.71 bits per heavy atom. The third-order valence-electron chi connectivity index (χ3n) is 6.21. The van der Waals surface area contributed by atoms with E-state index in [1.165, 1.54) is 30.0 Å². The van der Waals surface area contributed by atoms with Crippen LogP contribution in [0.1, 0.15) is 49.2 Å². The molecule has 1 aliphatic rings. The zero-order valence-corrected chi connectivity index (χ0v) is 24.6. The maximum atomic E-state index is 14.1. The van der Waals surface area contributed by atoms with E-state index >= 15 is 0 Å². The van der Waals surface area contributed by atoms with Crippen LogP contribution in [-0.4, -0.2) is 67.8 Å². The van der Waals surface area contributed by atoms with Crippen LogP contribution in [0.5, 0.6) is 0 Å². The van der Waals surface area contributed by atoms with Crippen molar-refractivity contribution in [2.75, 3.05) is 43.1 Å². The largest absolute Gasteiger partial charge is 0.444 e. The number of benzene rings is 2. The zero-order valence-electron chi connectivity index (χ0n) is 23.1. The fourth-order valence-corrected chi connectivity index (χ4v) is 5.33. The molecule has 0 atom stereocenters. The first-order valence-corrected chi connectivity index (χ1v) is 14.7. The maximum Gasteiger partial charge on any atom is 0.416 e. The monoisotopic (exact) mass is 619 g/mol. The number of nitrogen functional groups attached to an aromatic ring is 1. The lowest BCUT2D eigenvalue weighted by molar-refractivity contribution is -0.138. The fourth-order valence-electron chi connectivity index (χ4n) is 4.13. The van der Waals surface area contributed by atoms with Crippen LogP contribution in [0.4, 0.5) is 29.3 Å². The van der Waals surface area contributed by atoms with Crippen molar-refractivity contribution < 1.29 is 35.9 Å². The first kappa shape index (κ1) is 32.3. The van der Waals surface area contributed by atoms with Crippen molar-refractivity contribution in [3.63, 3.8) is 0 Å². The number of anilines is 2. The van der Waals surface area contributed by atoms with E-state index in [2.05, 4.69) is 10.9 Å². The topological polar surface area (TPSA) is 134 Å². The molecule has 10 nitrogen and oxygen atoms in total. The molecule has 0 saturated carbocycles. The van der Waals surface area contributed by atoms with Gasteiger partial charge in [0.1, 0.15) is 5.60 Å². The van der Waals surface area contributed by atoms with Gasteiger partial charge in [0.05, 0.1) is 27.5 Å². The third-order valence-corrected chi connectivity index (χ3v) is 8.23. The van der Waals surface area contributed by atoms with Crippen LogP contribution < -0.4 is 16.6 Å². The Morgan fingerprint density at radius 3 is 2.27 bits per heavy atom. The van der Waals surface area contributed by atoms with Crippen molar-refractivity contribution in [1.29, 1.82) is 0 Å². The molecule has 2 amide bonds. The van der Waals surface area contributed by atoms with Crippen LogP contribution >= 0.6 is 11.6 Å². The summed E-state index contributed by atoms with van der Waals surface area (Å²) in [7, 11) is -3.71. The Morgan fingerprint density at radius 1 is 1.07 bits per heavy atom. The number of nitrogens with zero attached hydrogens (tertiary/aromatic N) is 2. The van der Waals surface area contributed by atoms with E-state index in [1.54, 1.807) is 25.7 Å². The Balaban J connectivity index is 1.77. The van der Waals surface area contributed by atoms with Crippen LogP contribution in [0.15, 0.2) is 35.2 Å². The highest BCUT2D eigenvalue weighted by Gasteiger charge is 2.36. The number of nitrogens with one attached hydrogen (secondary N) is 2. The number of nitrogens with two attached hydrogens (primary N) is 1. The lowest BCUT2D eigenvalue weighted by Crippen LogP contribution is -2.49. The van der Waals surface area contributed by atoms with E-state index in [0.717, 1.165) is 6.07 Å². The first-order valence-electron chi connectivity index (χ1n) is 12.7. The van der Waals surface area contributed by atoms with Crippen molar-refractivity contribution >= 4 is 44.8 Å². The minimum absolute atomic E-state index is 0.0514. The average molecular weight is 620 g/mol. The van der Waals surface area contributed by atoms with E-state index in [1.807, 2.05) is 0 Å². The number of amides is 2. The number of hydrogen-bond acceptors (Lipinski definition) is 8. The van der Waals surface area contributed by atoms with Gasteiger partial charge in [-0.15, -0.1) is 0 Å². The van der Waals surface area contributed by atoms with Gasteiger partial charge in [0.25, 0.3) is 5.91 Å². The van der Waals surface area contributed by atoms with Crippen LogP contribution in [0.25, 0.3) is 0 Å². The summed E-state index contributed by atoms with van der Waals surface area (Å²) in [5.74, 6) is -1.23. The van der Waals surface area contributed by atoms with Crippen LogP contribution in [-0.2, 0) is 27.3 Å². The molecular formula is C26H33ClF3N5O5S. The molecule has 15 heteroatoms. The number of carbonyl (C=O) groups is 2. The molecule has 2 aromatic rings. The first-order chi connectivity index (χ1) is 18.9. The van der Waals surface area contributed by atoms with E-state index in [4.69, 9.17) is 22.1 Å². The number of rotatable bonds is 7. The van der Waals surface area contributed by atoms with Gasteiger partial charge in [-0.25, -0.2) is 13.2 Å². The molecule has 1 saturated heterocycles. The molecule has 0 aliphatic carbocycles. The summed E-state index contributed by atoms with van der Waals surface area (Å²) >= 11 is 5.96. The molecule has 226 valence electrons. The van der Waals surface area contributed by atoms with Crippen molar-refractivity contribution in [3.8, 4) is 0 Å². The van der Waals surface area contributed by atoms with Gasteiger partial charge in [-0.05, 0) is 56.7 Å². The van der Waals surface area contributed by atoms with Crippen molar-refractivity contribution in [3.05, 3.63) is 52.0 Å². The number of hydrogen-bond donors (Lipinski definition) is 3. The number of sulfone groups is 1. The van der Waals surface area contributed by atoms with Crippen LogP contribution in [0.2, 0.25) is 5.02 Å². The highest BCUT2D eigenvalue weighted by molar-refractivity contribution is 7.91. The van der Waals surface area contributed by atoms with Crippen LogP contribution in [0, 0.1) is 0 Å². The van der Waals surface area contributed by atoms with Gasteiger partial charge in [-0.1, -0.05) is 18.5 Å². The molecule has 3 rings (SSSR count). The molecule has 0 bridgehead atoms. The van der Waals surface area contributed by atoms with Crippen molar-refractivity contribution in [2.24, 2.45) is 0 Å². The number of carbonyl (C=O) groups excluding carboxylic acids is 2. The highest BCUT2D eigenvalue weighted by atomic mass is 35.5. The summed E-state index contributed by atoms with van der Waals surface area (Å²) in [5, 5.41) is 0.173. The van der Waals surface area contributed by atoms with Crippen LogP contribution in [0.3, 0.4) is 0 Å². The summed E-state index contributed by atoms with van der Waals surface area (Å²) in [6, 6.07) is 5.65. The highest BCUT2D eigenvalue weighted by Crippen LogP contribution is 2.35. The van der Waals surface area contributed by atoms with E-state index in [0.29, 0.717) is 19.2 Å². The number of piperazine rings is 1. The van der Waals surface area contributed by atoms with Crippen molar-refractivity contribution in [1.82, 2.24) is 15.2 Å². The second-order valence-electron chi connectivity index (χ2n) is 10.5. The lowest BCUT2D eigenvalue weighted by atomic mass is 10.00. The molecule has 4 N–H and O–H groups in total. The molecule has 0 radical (unpaired) electrons. The van der Waals surface area contributed by atoms with Gasteiger partial charge in [0.2, 0.25) is 0 Å². The predicted octanol–water partition coefficient (Wildman–Crippen LogP) is 4.54. The van der Waals surface area contributed by atoms with Crippen molar-refractivity contribution in [2.45, 2.75) is 50.9 Å². The Labute approximate surface area is 241 Å². The van der Waals surface area contributed by atoms with E-state index < -0.39 is 44.7 Å². The van der Waals surface area contributed by atoms with E-state index in [9.17, 15) is 31.2 Å². The SMILES string of the molecule is CCS(=O)(=O)c1ccc(Cl)cc1NNC(=O)c1cc(C(F)(F)F)c(CN2CCN(C(=O)OC(C)(C)C)CC2)cc1N. The minimum Gasteiger partial charge on any atom is -0.444 e. The number of alkyl halides is 3. The number of ether oxygens (including phenoxy) is 1. The Kier molecular flexibility index (Phi) is 9.71. The molecule has 1 heterocycles. The maximum absolute atomic E-state index is 14.1. The quantitative estimate of drug-likeness (QED) is 0.304. The summed E-state index contributed by atoms with van der Waals surface area (Å²) in [4.78, 5) is 28.3. The summed E-state index contributed by atoms with van der Waals surface area (Å²) < 4.78 is 72.3. The van der Waals surface area contributed by atoms with Gasteiger partial charge in [-0.3, -0.25) is 20.5 Å². The van der Waals surface area contributed by atoms with Gasteiger partial charge < -0.3 is 15.4 Å². The van der Waals surface area contributed by atoms with E-state index in [-0.39, 0.29) is 52.2 Å². The Bertz CT molecular complexity index is 1410. The minimum atomic E-state index is -4.79. The van der Waals surface area contributed by atoms with Gasteiger partial charge in [0, 0.05) is 43.4 Å². The Hall–Kier alpha value is -3.23. The molecule has 0 unspecified atom stereocenters.